The number of carbonyl (C=O) groups excluding carboxylic acids is 1. The van der Waals surface area contributed by atoms with Gasteiger partial charge in [-0.15, -0.1) is 0 Å². The van der Waals surface area contributed by atoms with Crippen LogP contribution in [0, 0.1) is 5.92 Å². The summed E-state index contributed by atoms with van der Waals surface area (Å²) in [6.07, 6.45) is 2.17. The fourth-order valence-corrected chi connectivity index (χ4v) is 2.92. The molecule has 4 N–H and O–H groups in total. The second-order valence-corrected chi connectivity index (χ2v) is 6.72. The number of hydrogen-bond donors (Lipinski definition) is 2. The van der Waals surface area contributed by atoms with E-state index in [1.165, 1.54) is 0 Å². The first-order chi connectivity index (χ1) is 9.40. The van der Waals surface area contributed by atoms with Crippen molar-refractivity contribution in [2.45, 2.75) is 32.3 Å². The molecule has 0 aliphatic carbocycles. The average molecular weight is 342 g/mol. The number of benzene rings is 1. The predicted molar refractivity (Wildman–Crippen MR) is 82.4 cm³/mol. The van der Waals surface area contributed by atoms with Crippen molar-refractivity contribution in [2.75, 3.05) is 18.8 Å². The first-order valence-electron chi connectivity index (χ1n) is 7.00. The molecule has 0 bridgehead atoms. The lowest BCUT2D eigenvalue weighted by atomic mass is 9.83. The van der Waals surface area contributed by atoms with Crippen LogP contribution < -0.4 is 11.1 Å². The van der Waals surface area contributed by atoms with Gasteiger partial charge in [0.1, 0.15) is 5.60 Å². The van der Waals surface area contributed by atoms with Crippen LogP contribution in [0.25, 0.3) is 0 Å². The number of esters is 1. The molecule has 1 saturated heterocycles. The SMILES string of the molecule is CC(C)(OC(=O)c1ccc(Br)c(N)c1)C1CC[NH2+]CC1. The highest BCUT2D eigenvalue weighted by atomic mass is 79.9. The zero-order valence-corrected chi connectivity index (χ0v) is 13.6. The number of anilines is 1. The largest absolute Gasteiger partial charge is 0.456 e. The Bertz CT molecular complexity index is 497. The average Bonchev–Trinajstić information content (AvgIpc) is 2.42. The van der Waals surface area contributed by atoms with E-state index in [0.29, 0.717) is 17.2 Å². The summed E-state index contributed by atoms with van der Waals surface area (Å²) in [5, 5.41) is 2.31. The van der Waals surface area contributed by atoms with Crippen molar-refractivity contribution in [3.05, 3.63) is 28.2 Å². The van der Waals surface area contributed by atoms with Gasteiger partial charge in [-0.1, -0.05) is 0 Å². The molecule has 5 heteroatoms. The zero-order chi connectivity index (χ0) is 14.8. The third-order valence-electron chi connectivity index (χ3n) is 4.01. The molecule has 0 amide bonds. The fraction of sp³-hybridized carbons (Fsp3) is 0.533. The molecule has 1 aliphatic heterocycles. The Hall–Kier alpha value is -1.07. The van der Waals surface area contributed by atoms with Gasteiger partial charge in [-0.05, 0) is 48.0 Å². The molecule has 1 aliphatic rings. The van der Waals surface area contributed by atoms with Crippen LogP contribution in [0.5, 0.6) is 0 Å². The Kier molecular flexibility index (Phi) is 4.70. The van der Waals surface area contributed by atoms with E-state index >= 15 is 0 Å². The van der Waals surface area contributed by atoms with Crippen molar-refractivity contribution >= 4 is 27.6 Å². The van der Waals surface area contributed by atoms with E-state index < -0.39 is 5.60 Å². The maximum absolute atomic E-state index is 12.3. The highest BCUT2D eigenvalue weighted by molar-refractivity contribution is 9.10. The second kappa shape index (κ2) is 6.14. The van der Waals surface area contributed by atoms with Gasteiger partial charge in [0, 0.05) is 28.9 Å². The number of nitrogen functional groups attached to an aromatic ring is 1. The van der Waals surface area contributed by atoms with E-state index in [1.54, 1.807) is 18.2 Å². The summed E-state index contributed by atoms with van der Waals surface area (Å²) in [7, 11) is 0. The molecule has 0 saturated carbocycles. The summed E-state index contributed by atoms with van der Waals surface area (Å²) in [5.74, 6) is 0.119. The van der Waals surface area contributed by atoms with Crippen molar-refractivity contribution in [1.29, 1.82) is 0 Å². The number of carbonyl (C=O) groups is 1. The van der Waals surface area contributed by atoms with Crippen molar-refractivity contribution in [2.24, 2.45) is 5.92 Å². The number of ether oxygens (including phenoxy) is 1. The summed E-state index contributed by atoms with van der Waals surface area (Å²) in [6.45, 7) is 6.22. The Morgan fingerprint density at radius 1 is 1.40 bits per heavy atom. The lowest BCUT2D eigenvalue weighted by Gasteiger charge is -2.35. The fourth-order valence-electron chi connectivity index (χ4n) is 2.67. The summed E-state index contributed by atoms with van der Waals surface area (Å²) in [6, 6.07) is 5.15. The van der Waals surface area contributed by atoms with E-state index in [4.69, 9.17) is 10.5 Å². The van der Waals surface area contributed by atoms with Crippen molar-refractivity contribution in [3.63, 3.8) is 0 Å². The van der Waals surface area contributed by atoms with Crippen LogP contribution in [0.2, 0.25) is 0 Å². The first kappa shape index (κ1) is 15.3. The van der Waals surface area contributed by atoms with Gasteiger partial charge in [0.2, 0.25) is 0 Å². The predicted octanol–water partition coefficient (Wildman–Crippen LogP) is 1.94. The summed E-state index contributed by atoms with van der Waals surface area (Å²) in [4.78, 5) is 12.3. The van der Waals surface area contributed by atoms with Gasteiger partial charge in [-0.25, -0.2) is 4.79 Å². The van der Waals surface area contributed by atoms with E-state index in [2.05, 4.69) is 21.2 Å². The van der Waals surface area contributed by atoms with Crippen molar-refractivity contribution in [1.82, 2.24) is 0 Å². The summed E-state index contributed by atoms with van der Waals surface area (Å²) >= 11 is 3.32. The molecule has 4 nitrogen and oxygen atoms in total. The van der Waals surface area contributed by atoms with Crippen molar-refractivity contribution < 1.29 is 14.8 Å². The molecule has 0 atom stereocenters. The summed E-state index contributed by atoms with van der Waals surface area (Å²) < 4.78 is 6.52. The van der Waals surface area contributed by atoms with Crippen LogP contribution in [0.4, 0.5) is 5.69 Å². The van der Waals surface area contributed by atoms with E-state index in [-0.39, 0.29) is 5.97 Å². The number of hydrogen-bond acceptors (Lipinski definition) is 3. The number of piperidine rings is 1. The molecule has 0 aromatic heterocycles. The molecular weight excluding hydrogens is 320 g/mol. The number of quaternary nitrogens is 1. The van der Waals surface area contributed by atoms with Crippen molar-refractivity contribution in [3.8, 4) is 0 Å². The minimum atomic E-state index is -0.437. The van der Waals surface area contributed by atoms with Gasteiger partial charge in [0.15, 0.2) is 0 Å². The first-order valence-corrected chi connectivity index (χ1v) is 7.79. The monoisotopic (exact) mass is 341 g/mol. The van der Waals surface area contributed by atoms with Crippen LogP contribution in [-0.4, -0.2) is 24.7 Å². The quantitative estimate of drug-likeness (QED) is 0.652. The summed E-state index contributed by atoms with van der Waals surface area (Å²) in [5.41, 5.74) is 6.42. The van der Waals surface area contributed by atoms with Crippen LogP contribution in [0.15, 0.2) is 22.7 Å². The third-order valence-corrected chi connectivity index (χ3v) is 4.73. The highest BCUT2D eigenvalue weighted by Crippen LogP contribution is 2.29. The topological polar surface area (TPSA) is 68.9 Å². The molecule has 2 rings (SSSR count). The van der Waals surface area contributed by atoms with Crippen LogP contribution in [-0.2, 0) is 4.74 Å². The van der Waals surface area contributed by atoms with Crippen LogP contribution in [0.3, 0.4) is 0 Å². The molecular formula is C15H22BrN2O2+. The molecule has 0 unspecified atom stereocenters. The maximum Gasteiger partial charge on any atom is 0.338 e. The second-order valence-electron chi connectivity index (χ2n) is 5.87. The maximum atomic E-state index is 12.3. The molecule has 20 heavy (non-hydrogen) atoms. The lowest BCUT2D eigenvalue weighted by molar-refractivity contribution is -0.665. The Morgan fingerprint density at radius 2 is 2.05 bits per heavy atom. The van der Waals surface area contributed by atoms with Crippen LogP contribution >= 0.6 is 15.9 Å². The molecule has 0 radical (unpaired) electrons. The molecule has 110 valence electrons. The van der Waals surface area contributed by atoms with Gasteiger partial charge in [0.05, 0.1) is 18.7 Å². The zero-order valence-electron chi connectivity index (χ0n) is 12.0. The lowest BCUT2D eigenvalue weighted by Crippen LogP contribution is -2.86. The van der Waals surface area contributed by atoms with E-state index in [1.807, 2.05) is 13.8 Å². The highest BCUT2D eigenvalue weighted by Gasteiger charge is 2.35. The van der Waals surface area contributed by atoms with E-state index in [9.17, 15) is 4.79 Å². The standard InChI is InChI=1S/C15H21BrN2O2/c1-15(2,11-5-7-18-8-6-11)20-14(19)10-3-4-12(16)13(17)9-10/h3-4,9,11,18H,5-8,17H2,1-2H3/p+1. The normalized spacial score (nSPS) is 16.9. The minimum absolute atomic E-state index is 0.302. The Morgan fingerprint density at radius 3 is 2.65 bits per heavy atom. The van der Waals surface area contributed by atoms with Gasteiger partial charge in [0.25, 0.3) is 0 Å². The van der Waals surface area contributed by atoms with Gasteiger partial charge in [-0.3, -0.25) is 0 Å². The third kappa shape index (κ3) is 3.52. The number of nitrogens with two attached hydrogens (primary N) is 2. The van der Waals surface area contributed by atoms with Gasteiger partial charge >= 0.3 is 5.97 Å². The minimum Gasteiger partial charge on any atom is -0.456 e. The smallest absolute Gasteiger partial charge is 0.338 e. The Labute approximate surface area is 128 Å². The van der Waals surface area contributed by atoms with Gasteiger partial charge in [-0.2, -0.15) is 0 Å². The molecule has 0 spiro atoms. The molecule has 1 aromatic carbocycles. The number of rotatable bonds is 3. The van der Waals surface area contributed by atoms with Crippen LogP contribution in [0.1, 0.15) is 37.0 Å². The van der Waals surface area contributed by atoms with E-state index in [0.717, 1.165) is 30.4 Å². The number of halogens is 1. The molecule has 1 fully saturated rings. The Balaban J connectivity index is 2.07. The molecule has 1 heterocycles. The van der Waals surface area contributed by atoms with Gasteiger partial charge < -0.3 is 15.8 Å². The molecule has 1 aromatic rings.